The fourth-order valence-corrected chi connectivity index (χ4v) is 2.57. The van der Waals surface area contributed by atoms with Crippen LogP contribution in [0.3, 0.4) is 0 Å². The molecular weight excluding hydrogens is 260 g/mol. The lowest BCUT2D eigenvalue weighted by Gasteiger charge is -2.08. The third-order valence-corrected chi connectivity index (χ3v) is 3.63. The van der Waals surface area contributed by atoms with E-state index in [1.54, 1.807) is 12.3 Å². The molecule has 2 aromatic heterocycles. The number of aromatic nitrogens is 3. The lowest BCUT2D eigenvalue weighted by Crippen LogP contribution is -2.21. The summed E-state index contributed by atoms with van der Waals surface area (Å²) in [7, 11) is 0. The molecule has 1 fully saturated rings. The van der Waals surface area contributed by atoms with Crippen molar-refractivity contribution < 1.29 is 14.7 Å². The van der Waals surface area contributed by atoms with Crippen molar-refractivity contribution in [3.8, 4) is 0 Å². The lowest BCUT2D eigenvalue weighted by molar-refractivity contribution is -0.119. The van der Waals surface area contributed by atoms with Crippen LogP contribution in [0.2, 0.25) is 0 Å². The second-order valence-electron chi connectivity index (χ2n) is 4.91. The first-order chi connectivity index (χ1) is 9.66. The molecule has 7 nitrogen and oxygen atoms in total. The van der Waals surface area contributed by atoms with E-state index in [1.165, 1.54) is 10.5 Å². The molecule has 0 aromatic carbocycles. The fourth-order valence-electron chi connectivity index (χ4n) is 2.57. The largest absolute Gasteiger partial charge is 0.478 e. The number of hydrogen-bond donors (Lipinski definition) is 2. The van der Waals surface area contributed by atoms with Gasteiger partial charge in [0.2, 0.25) is 11.9 Å². The second-order valence-corrected chi connectivity index (χ2v) is 4.91. The molecular formula is C13H14N4O3. The molecule has 104 valence electrons. The molecule has 2 N–H and O–H groups in total. The number of carboxylic acid groups (broad SMARTS) is 1. The minimum atomic E-state index is -1.07. The summed E-state index contributed by atoms with van der Waals surface area (Å²) in [5.74, 6) is -0.862. The Morgan fingerprint density at radius 3 is 2.75 bits per heavy atom. The highest BCUT2D eigenvalue weighted by Gasteiger charge is 2.24. The van der Waals surface area contributed by atoms with Crippen molar-refractivity contribution in [2.24, 2.45) is 5.92 Å². The number of carbonyl (C=O) groups is 2. The molecule has 0 radical (unpaired) electrons. The minimum Gasteiger partial charge on any atom is -0.478 e. The van der Waals surface area contributed by atoms with Crippen molar-refractivity contribution in [2.75, 3.05) is 5.32 Å². The van der Waals surface area contributed by atoms with Crippen LogP contribution in [0.25, 0.3) is 5.65 Å². The lowest BCUT2D eigenvalue weighted by atomic mass is 10.1. The van der Waals surface area contributed by atoms with Gasteiger partial charge >= 0.3 is 5.97 Å². The maximum Gasteiger partial charge on any atom is 0.339 e. The Labute approximate surface area is 114 Å². The fraction of sp³-hybridized carbons (Fsp3) is 0.385. The van der Waals surface area contributed by atoms with E-state index in [-0.39, 0.29) is 29.0 Å². The first kappa shape index (κ1) is 12.6. The zero-order valence-electron chi connectivity index (χ0n) is 10.7. The number of nitrogens with zero attached hydrogens (tertiary/aromatic N) is 3. The Kier molecular flexibility index (Phi) is 3.09. The summed E-state index contributed by atoms with van der Waals surface area (Å²) in [5.41, 5.74) is 0.281. The van der Waals surface area contributed by atoms with E-state index in [2.05, 4.69) is 15.5 Å². The van der Waals surface area contributed by atoms with Gasteiger partial charge in [-0.1, -0.05) is 12.8 Å². The van der Waals surface area contributed by atoms with Crippen molar-refractivity contribution in [1.82, 2.24) is 14.6 Å². The summed E-state index contributed by atoms with van der Waals surface area (Å²) in [6, 6.07) is 3.04. The van der Waals surface area contributed by atoms with Crippen LogP contribution in [0.5, 0.6) is 0 Å². The van der Waals surface area contributed by atoms with Gasteiger partial charge in [0.05, 0.1) is 0 Å². The normalized spacial score (nSPS) is 15.6. The van der Waals surface area contributed by atoms with Gasteiger partial charge in [0.1, 0.15) is 5.56 Å². The molecule has 7 heteroatoms. The van der Waals surface area contributed by atoms with Gasteiger partial charge in [0.25, 0.3) is 0 Å². The molecule has 0 aliphatic heterocycles. The number of pyridine rings is 1. The van der Waals surface area contributed by atoms with Crippen LogP contribution < -0.4 is 5.32 Å². The molecule has 20 heavy (non-hydrogen) atoms. The van der Waals surface area contributed by atoms with Crippen LogP contribution in [-0.4, -0.2) is 31.6 Å². The van der Waals surface area contributed by atoms with Crippen molar-refractivity contribution in [3.05, 3.63) is 23.9 Å². The maximum absolute atomic E-state index is 12.1. The highest BCUT2D eigenvalue weighted by molar-refractivity contribution is 5.95. The number of amides is 1. The van der Waals surface area contributed by atoms with Crippen molar-refractivity contribution in [3.63, 3.8) is 0 Å². The SMILES string of the molecule is O=C(O)c1cccn2c(NC(=O)C3CCCC3)nnc12. The molecule has 3 rings (SSSR count). The highest BCUT2D eigenvalue weighted by atomic mass is 16.4. The van der Waals surface area contributed by atoms with Gasteiger partial charge in [0, 0.05) is 12.1 Å². The summed E-state index contributed by atoms with van der Waals surface area (Å²) in [6.07, 6.45) is 5.56. The topological polar surface area (TPSA) is 96.6 Å². The second kappa shape index (κ2) is 4.92. The maximum atomic E-state index is 12.1. The monoisotopic (exact) mass is 274 g/mol. The van der Waals surface area contributed by atoms with Crippen molar-refractivity contribution >= 4 is 23.5 Å². The van der Waals surface area contributed by atoms with Gasteiger partial charge in [-0.3, -0.25) is 14.5 Å². The van der Waals surface area contributed by atoms with Crippen LogP contribution in [0.1, 0.15) is 36.0 Å². The van der Waals surface area contributed by atoms with E-state index >= 15 is 0 Å². The number of hydrogen-bond acceptors (Lipinski definition) is 4. The first-order valence-electron chi connectivity index (χ1n) is 6.54. The molecule has 0 atom stereocenters. The van der Waals surface area contributed by atoms with Gasteiger partial charge in [-0.2, -0.15) is 0 Å². The zero-order valence-corrected chi connectivity index (χ0v) is 10.7. The van der Waals surface area contributed by atoms with Gasteiger partial charge in [-0.05, 0) is 25.0 Å². The first-order valence-corrected chi connectivity index (χ1v) is 6.54. The molecule has 2 heterocycles. The molecule has 1 aliphatic carbocycles. The van der Waals surface area contributed by atoms with Crippen LogP contribution in [0.4, 0.5) is 5.95 Å². The number of carbonyl (C=O) groups excluding carboxylic acids is 1. The van der Waals surface area contributed by atoms with E-state index in [1.807, 2.05) is 0 Å². The molecule has 0 spiro atoms. The van der Waals surface area contributed by atoms with Crippen molar-refractivity contribution in [2.45, 2.75) is 25.7 Å². The Hall–Kier alpha value is -2.44. The Morgan fingerprint density at radius 1 is 1.30 bits per heavy atom. The predicted octanol–water partition coefficient (Wildman–Crippen LogP) is 1.56. The Balaban J connectivity index is 1.91. The molecule has 0 bridgehead atoms. The smallest absolute Gasteiger partial charge is 0.339 e. The van der Waals surface area contributed by atoms with Crippen LogP contribution in [0.15, 0.2) is 18.3 Å². The van der Waals surface area contributed by atoms with Gasteiger partial charge < -0.3 is 5.11 Å². The summed E-state index contributed by atoms with van der Waals surface area (Å²) < 4.78 is 1.48. The number of nitrogens with one attached hydrogen (secondary N) is 1. The molecule has 1 saturated carbocycles. The van der Waals surface area contributed by atoms with E-state index in [0.29, 0.717) is 0 Å². The Morgan fingerprint density at radius 2 is 2.05 bits per heavy atom. The van der Waals surface area contributed by atoms with E-state index < -0.39 is 5.97 Å². The number of anilines is 1. The number of fused-ring (bicyclic) bond motifs is 1. The van der Waals surface area contributed by atoms with Gasteiger partial charge in [-0.15, -0.1) is 10.2 Å². The predicted molar refractivity (Wildman–Crippen MR) is 70.5 cm³/mol. The van der Waals surface area contributed by atoms with Crippen LogP contribution >= 0.6 is 0 Å². The summed E-state index contributed by atoms with van der Waals surface area (Å²) >= 11 is 0. The average molecular weight is 274 g/mol. The standard InChI is InChI=1S/C13H14N4O3/c18-11(8-4-1-2-5-8)14-13-16-15-10-9(12(19)20)6-3-7-17(10)13/h3,6-8H,1-2,4-5H2,(H,19,20)(H,14,16,18). The third kappa shape index (κ3) is 2.11. The van der Waals surface area contributed by atoms with Crippen molar-refractivity contribution in [1.29, 1.82) is 0 Å². The summed E-state index contributed by atoms with van der Waals surface area (Å²) in [4.78, 5) is 23.2. The number of rotatable bonds is 3. The number of aromatic carboxylic acids is 1. The molecule has 1 aliphatic rings. The van der Waals surface area contributed by atoms with E-state index in [4.69, 9.17) is 5.11 Å². The minimum absolute atomic E-state index is 0.0185. The van der Waals surface area contributed by atoms with Gasteiger partial charge in [-0.25, -0.2) is 4.79 Å². The van der Waals surface area contributed by atoms with E-state index in [9.17, 15) is 9.59 Å². The highest BCUT2D eigenvalue weighted by Crippen LogP contribution is 2.26. The molecule has 0 saturated heterocycles. The van der Waals surface area contributed by atoms with Crippen LogP contribution in [-0.2, 0) is 4.79 Å². The van der Waals surface area contributed by atoms with E-state index in [0.717, 1.165) is 25.7 Å². The zero-order chi connectivity index (χ0) is 14.1. The third-order valence-electron chi connectivity index (χ3n) is 3.63. The Bertz CT molecular complexity index is 673. The quantitative estimate of drug-likeness (QED) is 0.885. The average Bonchev–Trinajstić information content (AvgIpc) is 3.08. The molecule has 0 unspecified atom stereocenters. The summed E-state index contributed by atoms with van der Waals surface area (Å²) in [5, 5.41) is 19.5. The van der Waals surface area contributed by atoms with Crippen LogP contribution in [0, 0.1) is 5.92 Å². The summed E-state index contributed by atoms with van der Waals surface area (Å²) in [6.45, 7) is 0. The molecule has 1 amide bonds. The van der Waals surface area contributed by atoms with Gasteiger partial charge in [0.15, 0.2) is 5.65 Å². The number of carboxylic acids is 1. The molecule has 2 aromatic rings.